The number of aromatic nitrogens is 2. The van der Waals surface area contributed by atoms with Crippen molar-refractivity contribution in [1.29, 1.82) is 0 Å². The van der Waals surface area contributed by atoms with E-state index in [9.17, 15) is 9.59 Å². The Hall–Kier alpha value is -1.68. The van der Waals surface area contributed by atoms with Gasteiger partial charge in [0.15, 0.2) is 22.1 Å². The second kappa shape index (κ2) is 7.06. The molecule has 1 aromatic heterocycles. The first-order chi connectivity index (χ1) is 11.5. The fourth-order valence-corrected chi connectivity index (χ4v) is 4.03. The lowest BCUT2D eigenvalue weighted by Gasteiger charge is -2.36. The number of carbonyl (C=O) groups excluding carboxylic acids is 2. The van der Waals surface area contributed by atoms with Gasteiger partial charge in [-0.15, -0.1) is 0 Å². The van der Waals surface area contributed by atoms with Crippen molar-refractivity contribution < 1.29 is 9.59 Å². The molecule has 128 valence electrons. The van der Waals surface area contributed by atoms with Crippen LogP contribution < -0.4 is 5.32 Å². The Kier molecular flexibility index (Phi) is 5.04. The summed E-state index contributed by atoms with van der Waals surface area (Å²) in [5, 5.41) is 3.10. The third kappa shape index (κ3) is 3.39. The molecule has 0 saturated carbocycles. The summed E-state index contributed by atoms with van der Waals surface area (Å²) < 4.78 is 0.599. The molecule has 24 heavy (non-hydrogen) atoms. The number of thioether (sulfide) groups is 1. The van der Waals surface area contributed by atoms with Gasteiger partial charge >= 0.3 is 6.03 Å². The number of amidine groups is 1. The first kappa shape index (κ1) is 17.2. The summed E-state index contributed by atoms with van der Waals surface area (Å²) in [7, 11) is 1.64. The number of aliphatic imine (C=N–C) groups is 1. The van der Waals surface area contributed by atoms with Crippen LogP contribution in [0.4, 0.5) is 4.79 Å². The van der Waals surface area contributed by atoms with Crippen molar-refractivity contribution in [2.75, 3.05) is 19.3 Å². The van der Waals surface area contributed by atoms with Gasteiger partial charge in [0.2, 0.25) is 0 Å². The summed E-state index contributed by atoms with van der Waals surface area (Å²) in [6.07, 6.45) is 2.94. The predicted molar refractivity (Wildman–Crippen MR) is 93.9 cm³/mol. The minimum Gasteiger partial charge on any atom is -0.335 e. The molecule has 1 N–H and O–H groups in total. The van der Waals surface area contributed by atoms with Crippen LogP contribution in [0.25, 0.3) is 0 Å². The maximum absolute atomic E-state index is 12.2. The Labute approximate surface area is 152 Å². The van der Waals surface area contributed by atoms with Crippen LogP contribution in [0.3, 0.4) is 0 Å². The normalized spacial score (nSPS) is 24.5. The number of carbonyl (C=O) groups is 2. The van der Waals surface area contributed by atoms with Crippen LogP contribution in [0.1, 0.15) is 6.92 Å². The Morgan fingerprint density at radius 1 is 1.38 bits per heavy atom. The fraction of sp³-hybridized carbons (Fsp3) is 0.500. The standard InChI is InChI=1S/C14H17BrN6O2S/c1-8(7-24-13-16-4-3-5-17-13)6-21-9-10(18-12(21)15)20(2)14(23)19-11(9)22/h3-5,8-10H,6-7H2,1-2H3,(H,19,22,23). The minimum absolute atomic E-state index is 0.274. The summed E-state index contributed by atoms with van der Waals surface area (Å²) in [6, 6.07) is 0.866. The molecule has 3 rings (SSSR count). The summed E-state index contributed by atoms with van der Waals surface area (Å²) in [5.41, 5.74) is 0. The molecule has 1 aromatic rings. The Bertz CT molecular complexity index is 672. The van der Waals surface area contributed by atoms with E-state index >= 15 is 0 Å². The third-order valence-electron chi connectivity index (χ3n) is 3.86. The average molecular weight is 413 g/mol. The van der Waals surface area contributed by atoms with Crippen LogP contribution in [0.2, 0.25) is 0 Å². The van der Waals surface area contributed by atoms with Crippen LogP contribution in [0.15, 0.2) is 28.6 Å². The van der Waals surface area contributed by atoms with Crippen LogP contribution in [-0.4, -0.2) is 68.0 Å². The number of nitrogens with one attached hydrogen (secondary N) is 1. The number of halogens is 1. The summed E-state index contributed by atoms with van der Waals surface area (Å²) in [5.74, 6) is 0.776. The monoisotopic (exact) mass is 412 g/mol. The SMILES string of the molecule is CC(CSc1ncccn1)CN1C(Br)=NC2C1C(=O)NC(=O)N2C. The van der Waals surface area contributed by atoms with Crippen LogP contribution >= 0.6 is 27.7 Å². The molecule has 3 atom stereocenters. The van der Waals surface area contributed by atoms with Crippen molar-refractivity contribution >= 4 is 44.4 Å². The highest BCUT2D eigenvalue weighted by Crippen LogP contribution is 2.28. The zero-order valence-electron chi connectivity index (χ0n) is 13.2. The van der Waals surface area contributed by atoms with Crippen molar-refractivity contribution in [3.8, 4) is 0 Å². The number of hydrogen-bond acceptors (Lipinski definition) is 7. The van der Waals surface area contributed by atoms with Gasteiger partial charge in [-0.25, -0.2) is 19.8 Å². The highest BCUT2D eigenvalue weighted by Gasteiger charge is 2.48. The van der Waals surface area contributed by atoms with Gasteiger partial charge in [0.1, 0.15) is 0 Å². The van der Waals surface area contributed by atoms with E-state index in [1.807, 2.05) is 4.90 Å². The van der Waals surface area contributed by atoms with Crippen LogP contribution in [0.5, 0.6) is 0 Å². The van der Waals surface area contributed by atoms with Gasteiger partial charge in [0, 0.05) is 31.7 Å². The highest BCUT2D eigenvalue weighted by molar-refractivity contribution is 9.18. The van der Waals surface area contributed by atoms with E-state index in [1.165, 1.54) is 4.90 Å². The molecular formula is C14H17BrN6O2S. The molecule has 0 bridgehead atoms. The highest BCUT2D eigenvalue weighted by atomic mass is 79.9. The van der Waals surface area contributed by atoms with Gasteiger partial charge in [-0.3, -0.25) is 10.1 Å². The lowest BCUT2D eigenvalue weighted by molar-refractivity contribution is -0.127. The molecule has 0 spiro atoms. The van der Waals surface area contributed by atoms with Gasteiger partial charge in [0.05, 0.1) is 0 Å². The molecular weight excluding hydrogens is 396 g/mol. The molecule has 0 aliphatic carbocycles. The number of urea groups is 1. The van der Waals surface area contributed by atoms with Crippen molar-refractivity contribution in [2.45, 2.75) is 24.3 Å². The molecule has 0 aromatic carbocycles. The fourth-order valence-electron chi connectivity index (χ4n) is 2.65. The molecule has 3 unspecified atom stereocenters. The van der Waals surface area contributed by atoms with Gasteiger partial charge in [-0.05, 0) is 27.9 Å². The lowest BCUT2D eigenvalue weighted by atomic mass is 10.1. The Balaban J connectivity index is 1.63. The summed E-state index contributed by atoms with van der Waals surface area (Å²) in [4.78, 5) is 40.1. The zero-order valence-corrected chi connectivity index (χ0v) is 15.6. The number of fused-ring (bicyclic) bond motifs is 1. The van der Waals surface area contributed by atoms with Crippen molar-refractivity contribution in [3.05, 3.63) is 18.5 Å². The minimum atomic E-state index is -0.498. The Morgan fingerprint density at radius 2 is 2.08 bits per heavy atom. The van der Waals surface area contributed by atoms with Gasteiger partial charge in [-0.1, -0.05) is 18.7 Å². The number of amides is 3. The van der Waals surface area contributed by atoms with E-state index in [0.29, 0.717) is 11.3 Å². The molecule has 2 aliphatic rings. The zero-order chi connectivity index (χ0) is 17.3. The number of imide groups is 1. The van der Waals surface area contributed by atoms with E-state index in [1.54, 1.807) is 37.3 Å². The largest absolute Gasteiger partial charge is 0.335 e. The second-order valence-corrected chi connectivity index (χ2v) is 7.46. The van der Waals surface area contributed by atoms with E-state index in [-0.39, 0.29) is 11.8 Å². The molecule has 3 heterocycles. The molecule has 8 nitrogen and oxygen atoms in total. The first-order valence-corrected chi connectivity index (χ1v) is 9.22. The number of nitrogens with zero attached hydrogens (tertiary/aromatic N) is 5. The topological polar surface area (TPSA) is 90.8 Å². The molecule has 10 heteroatoms. The lowest BCUT2D eigenvalue weighted by Crippen LogP contribution is -2.63. The average Bonchev–Trinajstić information content (AvgIpc) is 2.89. The molecule has 1 saturated heterocycles. The molecule has 2 aliphatic heterocycles. The van der Waals surface area contributed by atoms with E-state index in [2.05, 4.69) is 43.1 Å². The maximum atomic E-state index is 12.2. The molecule has 3 amide bonds. The van der Waals surface area contributed by atoms with Gasteiger partial charge < -0.3 is 9.80 Å². The number of hydrogen-bond donors (Lipinski definition) is 1. The van der Waals surface area contributed by atoms with Crippen LogP contribution in [0, 0.1) is 5.92 Å². The quantitative estimate of drug-likeness (QED) is 0.443. The number of likely N-dealkylation sites (N-methyl/N-ethyl adjacent to an activating group) is 1. The Morgan fingerprint density at radius 3 is 2.79 bits per heavy atom. The third-order valence-corrected chi connectivity index (χ3v) is 5.72. The van der Waals surface area contributed by atoms with Crippen molar-refractivity contribution in [2.24, 2.45) is 10.9 Å². The van der Waals surface area contributed by atoms with Gasteiger partial charge in [0.25, 0.3) is 5.91 Å². The maximum Gasteiger partial charge on any atom is 0.325 e. The van der Waals surface area contributed by atoms with E-state index < -0.39 is 18.2 Å². The summed E-state index contributed by atoms with van der Waals surface area (Å²) >= 11 is 5.00. The molecule has 0 radical (unpaired) electrons. The van der Waals surface area contributed by atoms with Crippen molar-refractivity contribution in [1.82, 2.24) is 25.1 Å². The second-order valence-electron chi connectivity index (χ2n) is 5.76. The van der Waals surface area contributed by atoms with Crippen molar-refractivity contribution in [3.63, 3.8) is 0 Å². The predicted octanol–water partition coefficient (Wildman–Crippen LogP) is 1.15. The molecule has 1 fully saturated rings. The van der Waals surface area contributed by atoms with E-state index in [4.69, 9.17) is 0 Å². The summed E-state index contributed by atoms with van der Waals surface area (Å²) in [6.45, 7) is 2.74. The first-order valence-electron chi connectivity index (χ1n) is 7.45. The van der Waals surface area contributed by atoms with Crippen LogP contribution in [-0.2, 0) is 4.79 Å². The van der Waals surface area contributed by atoms with E-state index in [0.717, 1.165) is 10.9 Å². The smallest absolute Gasteiger partial charge is 0.325 e. The van der Waals surface area contributed by atoms with Gasteiger partial charge in [-0.2, -0.15) is 0 Å². The number of rotatable bonds is 5.